The van der Waals surface area contributed by atoms with E-state index in [9.17, 15) is 4.79 Å². The van der Waals surface area contributed by atoms with E-state index in [1.807, 2.05) is 0 Å². The highest BCUT2D eigenvalue weighted by molar-refractivity contribution is 5.67. The number of aliphatic hydroxyl groups excluding tert-OH is 1. The van der Waals surface area contributed by atoms with Gasteiger partial charge in [0, 0.05) is 19.8 Å². The Kier molecular flexibility index (Phi) is 38.7. The van der Waals surface area contributed by atoms with Gasteiger partial charge in [-0.05, 0) is 59.3 Å². The molecule has 0 bridgehead atoms. The predicted molar refractivity (Wildman–Crippen MR) is 197 cm³/mol. The zero-order chi connectivity index (χ0) is 33.7. The monoisotopic (exact) mass is 642 g/mol. The number of carbonyl (C=O) groups excluding carboxylic acids is 1. The molecule has 0 aromatic heterocycles. The van der Waals surface area contributed by atoms with Crippen LogP contribution in [0.3, 0.4) is 0 Å². The van der Waals surface area contributed by atoms with Gasteiger partial charge in [0.05, 0.1) is 5.60 Å². The van der Waals surface area contributed by atoms with Crippen molar-refractivity contribution in [2.45, 2.75) is 233 Å². The summed E-state index contributed by atoms with van der Waals surface area (Å²) in [5.74, 6) is 0. The van der Waals surface area contributed by atoms with E-state index < -0.39 is 0 Å². The molecule has 272 valence electrons. The third-order valence-corrected chi connectivity index (χ3v) is 8.38. The van der Waals surface area contributed by atoms with Crippen molar-refractivity contribution in [2.24, 2.45) is 0 Å². The number of hydrogen-bond donors (Lipinski definition) is 2. The fourth-order valence-corrected chi connectivity index (χ4v) is 5.56. The quantitative estimate of drug-likeness (QED) is 0.0717. The summed E-state index contributed by atoms with van der Waals surface area (Å²) in [7, 11) is 0. The Hall–Kier alpha value is -0.810. The molecule has 0 rings (SSSR count). The van der Waals surface area contributed by atoms with Crippen LogP contribution >= 0.6 is 0 Å². The molecule has 0 radical (unpaired) electrons. The maximum absolute atomic E-state index is 12.2. The lowest BCUT2D eigenvalue weighted by molar-refractivity contribution is -0.00236. The number of carbonyl (C=O) groups is 1. The smallest absolute Gasteiger partial charge is 0.407 e. The van der Waals surface area contributed by atoms with Gasteiger partial charge in [-0.3, -0.25) is 0 Å². The SMILES string of the molecule is CCCCCCCCCCCCCCC(CCCCCCCCCCCCCC)OC(=O)NCCCO.CCCOC(C)(C)C. The standard InChI is InChI=1S/C33H67NO3.C7H16O/c1-3-5-7-9-11-13-15-17-19-21-23-25-28-32(37-33(36)34-30-27-31-35)29-26-24-22-20-18-16-14-12-10-8-6-4-2;1-5-6-8-7(2,3)4/h32,35H,3-31H2,1-2H3,(H,34,36);5-6H2,1-4H3. The molecule has 0 saturated heterocycles. The number of unbranched alkanes of at least 4 members (excludes halogenated alkanes) is 22. The Balaban J connectivity index is 0. The van der Waals surface area contributed by atoms with Crippen molar-refractivity contribution in [3.8, 4) is 0 Å². The number of nitrogens with one attached hydrogen (secondary N) is 1. The van der Waals surface area contributed by atoms with Gasteiger partial charge >= 0.3 is 6.09 Å². The largest absolute Gasteiger partial charge is 0.446 e. The summed E-state index contributed by atoms with van der Waals surface area (Å²) in [4.78, 5) is 12.2. The Labute approximate surface area is 283 Å². The van der Waals surface area contributed by atoms with Crippen molar-refractivity contribution < 1.29 is 19.4 Å². The van der Waals surface area contributed by atoms with Crippen LogP contribution in [-0.4, -0.2) is 42.7 Å². The minimum absolute atomic E-state index is 0.0420. The Bertz CT molecular complexity index is 535. The van der Waals surface area contributed by atoms with Gasteiger partial charge in [0.2, 0.25) is 0 Å². The van der Waals surface area contributed by atoms with Crippen LogP contribution in [-0.2, 0) is 9.47 Å². The molecule has 0 unspecified atom stereocenters. The van der Waals surface area contributed by atoms with E-state index in [2.05, 4.69) is 46.9 Å². The van der Waals surface area contributed by atoms with Gasteiger partial charge in [0.1, 0.15) is 6.10 Å². The molecule has 45 heavy (non-hydrogen) atoms. The van der Waals surface area contributed by atoms with Crippen LogP contribution in [0.15, 0.2) is 0 Å². The molecule has 0 aliphatic heterocycles. The molecule has 2 N–H and O–H groups in total. The highest BCUT2D eigenvalue weighted by atomic mass is 16.6. The van der Waals surface area contributed by atoms with Crippen LogP contribution in [0.4, 0.5) is 4.79 Å². The molecule has 5 heteroatoms. The molecule has 0 aliphatic carbocycles. The lowest BCUT2D eigenvalue weighted by atomic mass is 10.0. The highest BCUT2D eigenvalue weighted by Gasteiger charge is 2.14. The second-order valence-electron chi connectivity index (χ2n) is 14.3. The molecular formula is C40H83NO4. The van der Waals surface area contributed by atoms with Gasteiger partial charge in [-0.25, -0.2) is 4.79 Å². The summed E-state index contributed by atoms with van der Waals surface area (Å²) in [6.45, 7) is 14.4. The molecule has 0 fully saturated rings. The van der Waals surface area contributed by atoms with Crippen molar-refractivity contribution in [3.63, 3.8) is 0 Å². The number of amides is 1. The number of ether oxygens (including phenoxy) is 2. The Morgan fingerprint density at radius 2 is 0.911 bits per heavy atom. The third kappa shape index (κ3) is 43.2. The first-order chi connectivity index (χ1) is 21.8. The van der Waals surface area contributed by atoms with E-state index >= 15 is 0 Å². The van der Waals surface area contributed by atoms with Gasteiger partial charge in [0.25, 0.3) is 0 Å². The minimum Gasteiger partial charge on any atom is -0.446 e. The van der Waals surface area contributed by atoms with E-state index in [-0.39, 0.29) is 24.4 Å². The molecule has 0 aromatic carbocycles. The van der Waals surface area contributed by atoms with E-state index in [1.54, 1.807) is 0 Å². The zero-order valence-corrected chi connectivity index (χ0v) is 31.7. The first-order valence-corrected chi connectivity index (χ1v) is 20.0. The van der Waals surface area contributed by atoms with E-state index in [0.717, 1.165) is 38.7 Å². The van der Waals surface area contributed by atoms with Gasteiger partial charge in [-0.2, -0.15) is 0 Å². The first kappa shape index (κ1) is 46.3. The lowest BCUT2D eigenvalue weighted by Gasteiger charge is -2.18. The third-order valence-electron chi connectivity index (χ3n) is 8.38. The molecule has 0 aliphatic rings. The molecular weight excluding hydrogens is 558 g/mol. The average molecular weight is 642 g/mol. The number of rotatable bonds is 32. The van der Waals surface area contributed by atoms with E-state index in [1.165, 1.54) is 141 Å². The Morgan fingerprint density at radius 3 is 1.20 bits per heavy atom. The molecule has 0 saturated carbocycles. The van der Waals surface area contributed by atoms with Crippen LogP contribution in [0.1, 0.15) is 221 Å². The van der Waals surface area contributed by atoms with Crippen molar-refractivity contribution in [3.05, 3.63) is 0 Å². The summed E-state index contributed by atoms with van der Waals surface area (Å²) in [6.07, 6.45) is 35.8. The molecule has 0 spiro atoms. The lowest BCUT2D eigenvalue weighted by Crippen LogP contribution is -2.30. The fourth-order valence-electron chi connectivity index (χ4n) is 5.56. The van der Waals surface area contributed by atoms with Gasteiger partial charge in [-0.15, -0.1) is 0 Å². The number of hydrogen-bond acceptors (Lipinski definition) is 4. The van der Waals surface area contributed by atoms with Gasteiger partial charge in [0.15, 0.2) is 0 Å². The minimum atomic E-state index is -0.309. The second-order valence-corrected chi connectivity index (χ2v) is 14.3. The van der Waals surface area contributed by atoms with Crippen molar-refractivity contribution in [1.82, 2.24) is 5.32 Å². The summed E-state index contributed by atoms with van der Waals surface area (Å²) in [5.41, 5.74) is 0.0516. The Morgan fingerprint density at radius 1 is 0.556 bits per heavy atom. The summed E-state index contributed by atoms with van der Waals surface area (Å²) >= 11 is 0. The average Bonchev–Trinajstić information content (AvgIpc) is 3.01. The topological polar surface area (TPSA) is 67.8 Å². The number of alkyl carbamates (subject to hydrolysis) is 1. The van der Waals surface area contributed by atoms with Crippen LogP contribution < -0.4 is 5.32 Å². The van der Waals surface area contributed by atoms with Gasteiger partial charge < -0.3 is 19.9 Å². The summed E-state index contributed by atoms with van der Waals surface area (Å²) in [6, 6.07) is 0. The van der Waals surface area contributed by atoms with Crippen molar-refractivity contribution >= 4 is 6.09 Å². The maximum atomic E-state index is 12.2. The predicted octanol–water partition coefficient (Wildman–Crippen LogP) is 12.9. The molecule has 0 heterocycles. The molecule has 0 aromatic rings. The van der Waals surface area contributed by atoms with E-state index in [4.69, 9.17) is 14.6 Å². The zero-order valence-electron chi connectivity index (χ0n) is 31.7. The van der Waals surface area contributed by atoms with Crippen LogP contribution in [0.5, 0.6) is 0 Å². The molecule has 0 atom stereocenters. The van der Waals surface area contributed by atoms with Gasteiger partial charge in [-0.1, -0.05) is 162 Å². The van der Waals surface area contributed by atoms with Crippen LogP contribution in [0.2, 0.25) is 0 Å². The first-order valence-electron chi connectivity index (χ1n) is 20.0. The number of aliphatic hydroxyl groups is 1. The second kappa shape index (κ2) is 37.6. The molecule has 1 amide bonds. The summed E-state index contributed by atoms with van der Waals surface area (Å²) < 4.78 is 11.1. The van der Waals surface area contributed by atoms with E-state index in [0.29, 0.717) is 13.0 Å². The maximum Gasteiger partial charge on any atom is 0.407 e. The normalized spacial score (nSPS) is 11.5. The van der Waals surface area contributed by atoms with Crippen molar-refractivity contribution in [1.29, 1.82) is 0 Å². The fraction of sp³-hybridized carbons (Fsp3) is 0.975. The highest BCUT2D eigenvalue weighted by Crippen LogP contribution is 2.18. The van der Waals surface area contributed by atoms with Crippen LogP contribution in [0, 0.1) is 0 Å². The summed E-state index contributed by atoms with van der Waals surface area (Å²) in [5, 5.41) is 11.7. The van der Waals surface area contributed by atoms with Crippen molar-refractivity contribution in [2.75, 3.05) is 19.8 Å². The van der Waals surface area contributed by atoms with Crippen LogP contribution in [0.25, 0.3) is 0 Å². The molecule has 5 nitrogen and oxygen atoms in total.